The van der Waals surface area contributed by atoms with E-state index in [9.17, 15) is 14.4 Å². The summed E-state index contributed by atoms with van der Waals surface area (Å²) in [6.45, 7) is 3.58. The maximum Gasteiger partial charge on any atom is 0.325 e. The van der Waals surface area contributed by atoms with Gasteiger partial charge in [-0.2, -0.15) is 0 Å². The van der Waals surface area contributed by atoms with Gasteiger partial charge >= 0.3 is 6.03 Å². The van der Waals surface area contributed by atoms with Crippen molar-refractivity contribution in [2.45, 2.75) is 38.8 Å². The molecule has 2 aromatic rings. The normalized spacial score (nSPS) is 17.0. The first-order valence-electron chi connectivity index (χ1n) is 10.3. The van der Waals surface area contributed by atoms with Gasteiger partial charge in [-0.25, -0.2) is 15.3 Å². The molecule has 3 rings (SSSR count). The van der Waals surface area contributed by atoms with Crippen LogP contribution >= 0.6 is 22.6 Å². The molecule has 0 saturated carbocycles. The SMILES string of the molecule is CC(C)[C@@H](c1ncc(-c2ccc(I)cc2)[nH]1)N1C(=O)NC(CCC(=O)NOCCO)C1=O. The number of carbonyl (C=O) groups excluding carboxylic acids is 3. The number of aromatic nitrogens is 2. The molecule has 0 bridgehead atoms. The number of benzene rings is 1. The summed E-state index contributed by atoms with van der Waals surface area (Å²) in [5.41, 5.74) is 3.93. The van der Waals surface area contributed by atoms with Crippen molar-refractivity contribution in [3.05, 3.63) is 39.9 Å². The Kier molecular flexibility index (Phi) is 8.21. The molecule has 4 amide bonds. The number of urea groups is 1. The van der Waals surface area contributed by atoms with Crippen molar-refractivity contribution in [3.63, 3.8) is 0 Å². The fraction of sp³-hybridized carbons (Fsp3) is 0.429. The maximum absolute atomic E-state index is 13.0. The van der Waals surface area contributed by atoms with E-state index in [1.54, 1.807) is 6.20 Å². The van der Waals surface area contributed by atoms with Crippen molar-refractivity contribution < 1.29 is 24.3 Å². The van der Waals surface area contributed by atoms with Gasteiger partial charge in [0.2, 0.25) is 5.91 Å². The maximum atomic E-state index is 13.0. The molecule has 1 unspecified atom stereocenters. The van der Waals surface area contributed by atoms with Crippen LogP contribution in [0.4, 0.5) is 4.79 Å². The Hall–Kier alpha value is -2.51. The third-order valence-electron chi connectivity index (χ3n) is 5.03. The molecule has 0 aliphatic carbocycles. The summed E-state index contributed by atoms with van der Waals surface area (Å²) in [4.78, 5) is 51.2. The molecule has 1 saturated heterocycles. The van der Waals surface area contributed by atoms with E-state index in [2.05, 4.69) is 43.4 Å². The summed E-state index contributed by atoms with van der Waals surface area (Å²) in [6, 6.07) is 6.03. The molecule has 32 heavy (non-hydrogen) atoms. The minimum atomic E-state index is -0.807. The zero-order chi connectivity index (χ0) is 23.3. The summed E-state index contributed by atoms with van der Waals surface area (Å²) < 4.78 is 1.12. The highest BCUT2D eigenvalue weighted by atomic mass is 127. The minimum Gasteiger partial charge on any atom is -0.394 e. The van der Waals surface area contributed by atoms with Crippen molar-refractivity contribution >= 4 is 40.4 Å². The standard InChI is InChI=1S/C21H26IN5O5/c1-12(2)18(19-23-11-16(24-19)13-3-5-14(22)6-4-13)27-20(30)15(25-21(27)31)7-8-17(29)26-32-10-9-28/h3-6,11-12,15,18,28H,7-10H2,1-2H3,(H,23,24)(H,25,31)(H,26,29)/t15?,18-/m0/s1. The quantitative estimate of drug-likeness (QED) is 0.154. The number of H-pyrrole nitrogens is 1. The fourth-order valence-electron chi connectivity index (χ4n) is 3.51. The molecule has 2 heterocycles. The van der Waals surface area contributed by atoms with Crippen LogP contribution in [0, 0.1) is 9.49 Å². The number of nitrogens with zero attached hydrogens (tertiary/aromatic N) is 2. The number of aliphatic hydroxyl groups is 1. The van der Waals surface area contributed by atoms with Gasteiger partial charge in [0.05, 0.1) is 25.1 Å². The molecule has 0 spiro atoms. The Labute approximate surface area is 199 Å². The van der Waals surface area contributed by atoms with Gasteiger partial charge in [-0.05, 0) is 52.6 Å². The topological polar surface area (TPSA) is 137 Å². The van der Waals surface area contributed by atoms with Crippen molar-refractivity contribution in [1.29, 1.82) is 0 Å². The smallest absolute Gasteiger partial charge is 0.325 e. The number of nitrogens with one attached hydrogen (secondary N) is 3. The predicted octanol–water partition coefficient (Wildman–Crippen LogP) is 2.12. The fourth-order valence-corrected chi connectivity index (χ4v) is 3.87. The molecule has 172 valence electrons. The Morgan fingerprint density at radius 2 is 2.03 bits per heavy atom. The predicted molar refractivity (Wildman–Crippen MR) is 124 cm³/mol. The van der Waals surface area contributed by atoms with Crippen molar-refractivity contribution in [2.75, 3.05) is 13.2 Å². The zero-order valence-electron chi connectivity index (χ0n) is 17.8. The van der Waals surface area contributed by atoms with E-state index in [-0.39, 0.29) is 32.0 Å². The van der Waals surface area contributed by atoms with Gasteiger partial charge in [0, 0.05) is 9.99 Å². The van der Waals surface area contributed by atoms with E-state index in [0.717, 1.165) is 14.8 Å². The molecule has 4 N–H and O–H groups in total. The van der Waals surface area contributed by atoms with Crippen molar-refractivity contribution in [1.82, 2.24) is 25.7 Å². The molecule has 1 aliphatic rings. The number of aliphatic hydroxyl groups excluding tert-OH is 1. The average Bonchev–Trinajstić information content (AvgIpc) is 3.34. The summed E-state index contributed by atoms with van der Waals surface area (Å²) in [7, 11) is 0. The van der Waals surface area contributed by atoms with Crippen LogP contribution in [0.3, 0.4) is 0 Å². The lowest BCUT2D eigenvalue weighted by Gasteiger charge is -2.27. The second kappa shape index (κ2) is 10.9. The number of carbonyl (C=O) groups is 3. The number of aromatic amines is 1. The Balaban J connectivity index is 1.71. The van der Waals surface area contributed by atoms with Crippen LogP contribution in [0.2, 0.25) is 0 Å². The molecule has 1 aromatic carbocycles. The molecule has 1 aliphatic heterocycles. The molecular formula is C21H26IN5O5. The second-order valence-electron chi connectivity index (χ2n) is 7.72. The van der Waals surface area contributed by atoms with Crippen LogP contribution < -0.4 is 10.8 Å². The first-order chi connectivity index (χ1) is 15.3. The van der Waals surface area contributed by atoms with Gasteiger partial charge in [0.1, 0.15) is 17.9 Å². The summed E-state index contributed by atoms with van der Waals surface area (Å²) in [5.74, 6) is -0.403. The van der Waals surface area contributed by atoms with E-state index in [1.165, 1.54) is 4.90 Å². The Morgan fingerprint density at radius 3 is 2.69 bits per heavy atom. The van der Waals surface area contributed by atoms with Crippen LogP contribution in [-0.4, -0.2) is 57.1 Å². The van der Waals surface area contributed by atoms with E-state index in [1.807, 2.05) is 38.1 Å². The number of imide groups is 1. The zero-order valence-corrected chi connectivity index (χ0v) is 20.0. The highest BCUT2D eigenvalue weighted by Gasteiger charge is 2.44. The Bertz CT molecular complexity index is 962. The molecule has 10 nitrogen and oxygen atoms in total. The van der Waals surface area contributed by atoms with Gasteiger partial charge in [-0.3, -0.25) is 19.3 Å². The number of halogens is 1. The summed E-state index contributed by atoms with van der Waals surface area (Å²) in [6.07, 6.45) is 1.81. The molecule has 1 aromatic heterocycles. The lowest BCUT2D eigenvalue weighted by atomic mass is 10.0. The lowest BCUT2D eigenvalue weighted by molar-refractivity contribution is -0.134. The Morgan fingerprint density at radius 1 is 1.31 bits per heavy atom. The van der Waals surface area contributed by atoms with Crippen LogP contribution in [0.15, 0.2) is 30.5 Å². The number of amides is 4. The lowest BCUT2D eigenvalue weighted by Crippen LogP contribution is -2.38. The van der Waals surface area contributed by atoms with Crippen LogP contribution in [0.25, 0.3) is 11.3 Å². The average molecular weight is 555 g/mol. The third-order valence-corrected chi connectivity index (χ3v) is 5.75. The highest BCUT2D eigenvalue weighted by molar-refractivity contribution is 14.1. The monoisotopic (exact) mass is 555 g/mol. The van der Waals surface area contributed by atoms with Crippen LogP contribution in [0.1, 0.15) is 38.6 Å². The molecule has 11 heteroatoms. The summed E-state index contributed by atoms with van der Waals surface area (Å²) in [5, 5.41) is 11.3. The van der Waals surface area contributed by atoms with E-state index >= 15 is 0 Å². The number of hydrogen-bond donors (Lipinski definition) is 4. The van der Waals surface area contributed by atoms with Gasteiger partial charge in [0.25, 0.3) is 5.91 Å². The van der Waals surface area contributed by atoms with Crippen molar-refractivity contribution in [3.8, 4) is 11.3 Å². The second-order valence-corrected chi connectivity index (χ2v) is 8.97. The van der Waals surface area contributed by atoms with Crippen molar-refractivity contribution in [2.24, 2.45) is 5.92 Å². The van der Waals surface area contributed by atoms with E-state index in [0.29, 0.717) is 5.82 Å². The molecule has 2 atom stereocenters. The number of imidazole rings is 1. The van der Waals surface area contributed by atoms with Gasteiger partial charge in [-0.15, -0.1) is 0 Å². The molecule has 1 fully saturated rings. The minimum absolute atomic E-state index is 0.0139. The van der Waals surface area contributed by atoms with Gasteiger partial charge in [0.15, 0.2) is 0 Å². The first kappa shape index (κ1) is 24.1. The van der Waals surface area contributed by atoms with Crippen LogP contribution in [0.5, 0.6) is 0 Å². The van der Waals surface area contributed by atoms with E-state index < -0.39 is 29.9 Å². The molecule has 0 radical (unpaired) electrons. The summed E-state index contributed by atoms with van der Waals surface area (Å²) >= 11 is 2.23. The largest absolute Gasteiger partial charge is 0.394 e. The third kappa shape index (κ3) is 5.64. The molecular weight excluding hydrogens is 529 g/mol. The van der Waals surface area contributed by atoms with E-state index in [4.69, 9.17) is 9.94 Å². The number of hydroxylamine groups is 1. The van der Waals surface area contributed by atoms with Gasteiger partial charge in [-0.1, -0.05) is 26.0 Å². The number of rotatable bonds is 10. The highest BCUT2D eigenvalue weighted by Crippen LogP contribution is 2.31. The van der Waals surface area contributed by atoms with Crippen LogP contribution in [-0.2, 0) is 14.4 Å². The first-order valence-corrected chi connectivity index (χ1v) is 11.4. The van der Waals surface area contributed by atoms with Gasteiger partial charge < -0.3 is 15.4 Å². The number of hydrogen-bond acceptors (Lipinski definition) is 6.